The lowest BCUT2D eigenvalue weighted by atomic mass is 9.78. The maximum atomic E-state index is 13.0. The smallest absolute Gasteiger partial charge is 0.336 e. The largest absolute Gasteiger partial charge is 0.507 e. The van der Waals surface area contributed by atoms with Crippen molar-refractivity contribution >= 4 is 5.82 Å². The summed E-state index contributed by atoms with van der Waals surface area (Å²) in [7, 11) is 1.46. The molecule has 0 aliphatic carbocycles. The minimum atomic E-state index is -0.487. The lowest BCUT2D eigenvalue weighted by Gasteiger charge is -2.28. The highest BCUT2D eigenvalue weighted by Crippen LogP contribution is 2.40. The van der Waals surface area contributed by atoms with Crippen molar-refractivity contribution in [2.45, 2.75) is 58.8 Å². The van der Waals surface area contributed by atoms with Crippen LogP contribution >= 0.6 is 0 Å². The zero-order chi connectivity index (χ0) is 24.0. The lowest BCUT2D eigenvalue weighted by molar-refractivity contribution is 0.423. The number of para-hydroxylation sites is 1. The summed E-state index contributed by atoms with van der Waals surface area (Å²) >= 11 is 0. The van der Waals surface area contributed by atoms with E-state index in [1.165, 1.54) is 11.6 Å². The summed E-state index contributed by atoms with van der Waals surface area (Å²) in [5, 5.41) is 11.0. The van der Waals surface area contributed by atoms with Crippen LogP contribution in [0.1, 0.15) is 63.8 Å². The summed E-state index contributed by atoms with van der Waals surface area (Å²) in [5.41, 5.74) is 8.36. The first-order chi connectivity index (χ1) is 14.7. The molecule has 2 aromatic carbocycles. The first-order valence-corrected chi connectivity index (χ1v) is 10.8. The first kappa shape index (κ1) is 23.4. The number of nitrogens with two attached hydrogens (primary N) is 1. The van der Waals surface area contributed by atoms with Crippen LogP contribution < -0.4 is 17.0 Å². The summed E-state index contributed by atoms with van der Waals surface area (Å²) in [6, 6.07) is 12.9. The van der Waals surface area contributed by atoms with Gasteiger partial charge in [0.2, 0.25) is 0 Å². The Kier molecular flexibility index (Phi) is 5.85. The number of nitrogens with zero attached hydrogens (tertiary/aromatic N) is 2. The summed E-state index contributed by atoms with van der Waals surface area (Å²) < 4.78 is 2.46. The maximum absolute atomic E-state index is 13.0. The van der Waals surface area contributed by atoms with E-state index in [0.29, 0.717) is 11.3 Å². The van der Waals surface area contributed by atoms with Gasteiger partial charge in [-0.3, -0.25) is 9.36 Å². The van der Waals surface area contributed by atoms with E-state index in [1.54, 1.807) is 12.1 Å². The maximum Gasteiger partial charge on any atom is 0.336 e. The standard InChI is InChI=1S/C26H33N3O3/c1-25(2,3)19-14-16(15-20(21(19)30)26(4,5)6)13-18-22(27)29(17-11-9-8-10-12-17)24(32)28(7)23(18)31/h8-12,14-15,30H,13,27H2,1-7H3. The Hall–Kier alpha value is -3.28. The molecule has 1 aromatic heterocycles. The number of anilines is 1. The van der Waals surface area contributed by atoms with Crippen LogP contribution in [-0.2, 0) is 24.3 Å². The number of phenolic OH excluding ortho intramolecular Hbond substituents is 1. The summed E-state index contributed by atoms with van der Waals surface area (Å²) in [6.07, 6.45) is 0.248. The molecule has 3 N–H and O–H groups in total. The van der Waals surface area contributed by atoms with Crippen LogP contribution in [0.2, 0.25) is 0 Å². The van der Waals surface area contributed by atoms with Crippen LogP contribution in [0, 0.1) is 0 Å². The average molecular weight is 436 g/mol. The van der Waals surface area contributed by atoms with E-state index in [9.17, 15) is 14.7 Å². The van der Waals surface area contributed by atoms with Gasteiger partial charge in [-0.15, -0.1) is 0 Å². The van der Waals surface area contributed by atoms with Gasteiger partial charge in [0.15, 0.2) is 0 Å². The zero-order valence-electron chi connectivity index (χ0n) is 20.0. The molecule has 0 radical (unpaired) electrons. The fraction of sp³-hybridized carbons (Fsp3) is 0.385. The fourth-order valence-electron chi connectivity index (χ4n) is 3.92. The molecule has 32 heavy (non-hydrogen) atoms. The number of aromatic nitrogens is 2. The highest BCUT2D eigenvalue weighted by Gasteiger charge is 2.27. The third kappa shape index (κ3) is 4.22. The van der Waals surface area contributed by atoms with Gasteiger partial charge in [-0.05, 0) is 39.7 Å². The van der Waals surface area contributed by atoms with Crippen molar-refractivity contribution in [3.05, 3.63) is 85.6 Å². The second kappa shape index (κ2) is 8.01. The van der Waals surface area contributed by atoms with Crippen molar-refractivity contribution in [2.24, 2.45) is 7.05 Å². The van der Waals surface area contributed by atoms with Gasteiger partial charge in [-0.25, -0.2) is 9.36 Å². The number of hydrogen-bond donors (Lipinski definition) is 2. The molecule has 0 spiro atoms. The van der Waals surface area contributed by atoms with E-state index in [-0.39, 0.29) is 28.8 Å². The summed E-state index contributed by atoms with van der Waals surface area (Å²) in [4.78, 5) is 25.9. The van der Waals surface area contributed by atoms with Crippen molar-refractivity contribution in [3.8, 4) is 11.4 Å². The number of rotatable bonds is 3. The van der Waals surface area contributed by atoms with Crippen LogP contribution in [0.4, 0.5) is 5.82 Å². The van der Waals surface area contributed by atoms with E-state index in [0.717, 1.165) is 21.3 Å². The van der Waals surface area contributed by atoms with E-state index in [2.05, 4.69) is 0 Å². The van der Waals surface area contributed by atoms with Crippen LogP contribution in [-0.4, -0.2) is 14.2 Å². The zero-order valence-corrected chi connectivity index (χ0v) is 20.0. The highest BCUT2D eigenvalue weighted by molar-refractivity contribution is 5.53. The highest BCUT2D eigenvalue weighted by atomic mass is 16.3. The van der Waals surface area contributed by atoms with Gasteiger partial charge in [0.25, 0.3) is 5.56 Å². The molecule has 0 bridgehead atoms. The topological polar surface area (TPSA) is 90.2 Å². The minimum Gasteiger partial charge on any atom is -0.507 e. The van der Waals surface area contributed by atoms with Crippen molar-refractivity contribution in [1.82, 2.24) is 9.13 Å². The Labute approximate surface area is 189 Å². The third-order valence-corrected chi connectivity index (χ3v) is 5.77. The van der Waals surface area contributed by atoms with Gasteiger partial charge in [0, 0.05) is 13.5 Å². The molecule has 1 heterocycles. The van der Waals surface area contributed by atoms with Crippen molar-refractivity contribution in [3.63, 3.8) is 0 Å². The number of aromatic hydroxyl groups is 1. The van der Waals surface area contributed by atoms with Gasteiger partial charge < -0.3 is 10.8 Å². The van der Waals surface area contributed by atoms with E-state index >= 15 is 0 Å². The predicted octanol–water partition coefficient (Wildman–Crippen LogP) is 4.01. The first-order valence-electron chi connectivity index (χ1n) is 10.8. The Morgan fingerprint density at radius 1 is 0.906 bits per heavy atom. The van der Waals surface area contributed by atoms with Gasteiger partial charge >= 0.3 is 5.69 Å². The quantitative estimate of drug-likeness (QED) is 0.650. The number of nitrogen functional groups attached to an aromatic ring is 1. The molecule has 0 fully saturated rings. The van der Waals surface area contributed by atoms with Crippen LogP contribution in [0.5, 0.6) is 5.75 Å². The molecule has 0 amide bonds. The second-order valence-electron chi connectivity index (χ2n) is 10.4. The SMILES string of the molecule is Cn1c(=O)c(Cc2cc(C(C)(C)C)c(O)c(C(C)(C)C)c2)c(N)n(-c2ccccc2)c1=O. The monoisotopic (exact) mass is 435 g/mol. The van der Waals surface area contributed by atoms with Crippen LogP contribution in [0.3, 0.4) is 0 Å². The van der Waals surface area contributed by atoms with Gasteiger partial charge in [-0.2, -0.15) is 0 Å². The fourth-order valence-corrected chi connectivity index (χ4v) is 3.92. The summed E-state index contributed by atoms with van der Waals surface area (Å²) in [6.45, 7) is 12.3. The molecule has 0 aliphatic rings. The molecule has 6 nitrogen and oxygen atoms in total. The normalized spacial score (nSPS) is 12.2. The average Bonchev–Trinajstić information content (AvgIpc) is 2.70. The number of benzene rings is 2. The third-order valence-electron chi connectivity index (χ3n) is 5.77. The Balaban J connectivity index is 2.27. The number of phenols is 1. The molecular formula is C26H33N3O3. The Morgan fingerprint density at radius 2 is 1.41 bits per heavy atom. The lowest BCUT2D eigenvalue weighted by Crippen LogP contribution is -2.40. The predicted molar refractivity (Wildman–Crippen MR) is 130 cm³/mol. The molecule has 170 valence electrons. The van der Waals surface area contributed by atoms with E-state index in [4.69, 9.17) is 5.73 Å². The molecule has 0 unspecified atom stereocenters. The molecular weight excluding hydrogens is 402 g/mol. The molecule has 0 aliphatic heterocycles. The molecule has 3 rings (SSSR count). The van der Waals surface area contributed by atoms with Crippen molar-refractivity contribution in [2.75, 3.05) is 5.73 Å². The van der Waals surface area contributed by atoms with Gasteiger partial charge in [-0.1, -0.05) is 71.9 Å². The molecule has 0 saturated heterocycles. The Morgan fingerprint density at radius 3 is 1.88 bits per heavy atom. The molecule has 0 atom stereocenters. The molecule has 3 aromatic rings. The van der Waals surface area contributed by atoms with Crippen molar-refractivity contribution < 1.29 is 5.11 Å². The van der Waals surface area contributed by atoms with E-state index < -0.39 is 11.2 Å². The Bertz CT molecular complexity index is 1240. The van der Waals surface area contributed by atoms with Crippen LogP contribution in [0.25, 0.3) is 5.69 Å². The minimum absolute atomic E-state index is 0.131. The van der Waals surface area contributed by atoms with E-state index in [1.807, 2.05) is 71.9 Å². The summed E-state index contributed by atoms with van der Waals surface area (Å²) in [5.74, 6) is 0.413. The van der Waals surface area contributed by atoms with Crippen molar-refractivity contribution in [1.29, 1.82) is 0 Å². The van der Waals surface area contributed by atoms with Gasteiger partial charge in [0.05, 0.1) is 11.3 Å². The molecule has 0 saturated carbocycles. The van der Waals surface area contributed by atoms with Crippen LogP contribution in [0.15, 0.2) is 52.1 Å². The second-order valence-corrected chi connectivity index (χ2v) is 10.4. The molecule has 6 heteroatoms. The number of hydrogen-bond acceptors (Lipinski definition) is 4. The van der Waals surface area contributed by atoms with Gasteiger partial charge in [0.1, 0.15) is 11.6 Å².